The predicted molar refractivity (Wildman–Crippen MR) is 67.1 cm³/mol. The smallest absolute Gasteiger partial charge is 0.0164 e. The molecule has 1 aliphatic rings. The molecule has 0 aromatic carbocycles. The first-order valence-electron chi connectivity index (χ1n) is 6.87. The quantitative estimate of drug-likeness (QED) is 0.567. The van der Waals surface area contributed by atoms with Crippen LogP contribution in [0.3, 0.4) is 0 Å². The van der Waals surface area contributed by atoms with Crippen LogP contribution in [0.25, 0.3) is 0 Å². The highest BCUT2D eigenvalue weighted by Gasteiger charge is 2.25. The third-order valence-corrected chi connectivity index (χ3v) is 3.59. The van der Waals surface area contributed by atoms with Crippen molar-refractivity contribution in [3.63, 3.8) is 0 Å². The Balaban J connectivity index is 2.30. The molecule has 0 aromatic rings. The Labute approximate surface area is 96.0 Å². The zero-order valence-corrected chi connectivity index (χ0v) is 10.8. The number of nitrogens with zero attached hydrogens (tertiary/aromatic N) is 1. The van der Waals surface area contributed by atoms with Gasteiger partial charge in [-0.2, -0.15) is 0 Å². The molecule has 0 aromatic heterocycles. The Morgan fingerprint density at radius 1 is 1.20 bits per heavy atom. The van der Waals surface area contributed by atoms with Crippen molar-refractivity contribution in [1.82, 2.24) is 5.32 Å². The van der Waals surface area contributed by atoms with Gasteiger partial charge in [0, 0.05) is 13.1 Å². The minimum Gasteiger partial charge on any atom is -0.242 e. The van der Waals surface area contributed by atoms with E-state index in [4.69, 9.17) is 0 Å². The zero-order valence-electron chi connectivity index (χ0n) is 10.8. The van der Waals surface area contributed by atoms with Crippen molar-refractivity contribution < 1.29 is 0 Å². The largest absolute Gasteiger partial charge is 0.242 e. The maximum absolute atomic E-state index is 4.69. The minimum atomic E-state index is 0.840. The van der Waals surface area contributed by atoms with Gasteiger partial charge in [-0.05, 0) is 30.6 Å². The first kappa shape index (κ1) is 13.0. The Bertz CT molecular complexity index is 147. The van der Waals surface area contributed by atoms with Gasteiger partial charge >= 0.3 is 0 Å². The highest BCUT2D eigenvalue weighted by atomic mass is 14.9. The zero-order chi connectivity index (χ0) is 11.1. The average molecular weight is 210 g/mol. The van der Waals surface area contributed by atoms with Gasteiger partial charge in [0.05, 0.1) is 0 Å². The lowest BCUT2D eigenvalue weighted by Gasteiger charge is -2.24. The molecule has 1 aliphatic carbocycles. The van der Waals surface area contributed by atoms with Crippen LogP contribution in [0.4, 0.5) is 0 Å². The molecule has 0 aliphatic heterocycles. The van der Waals surface area contributed by atoms with Crippen LogP contribution in [-0.2, 0) is 0 Å². The van der Waals surface area contributed by atoms with E-state index in [1.54, 1.807) is 0 Å². The number of rotatable bonds is 7. The van der Waals surface area contributed by atoms with E-state index in [9.17, 15) is 0 Å². The fraction of sp³-hybridized carbons (Fsp3) is 1.00. The molecule has 0 bridgehead atoms. The summed E-state index contributed by atoms with van der Waals surface area (Å²) in [5, 5.41) is 4.69. The molecule has 0 N–H and O–H groups in total. The van der Waals surface area contributed by atoms with E-state index in [0.29, 0.717) is 0 Å². The second-order valence-electron chi connectivity index (χ2n) is 5.56. The van der Waals surface area contributed by atoms with E-state index in [-0.39, 0.29) is 0 Å². The average Bonchev–Trinajstić information content (AvgIpc) is 2.68. The Hall–Kier alpha value is -0.0400. The monoisotopic (exact) mass is 210 g/mol. The third kappa shape index (κ3) is 5.01. The van der Waals surface area contributed by atoms with Gasteiger partial charge in [-0.3, -0.25) is 0 Å². The van der Waals surface area contributed by atoms with E-state index < -0.39 is 0 Å². The molecule has 15 heavy (non-hydrogen) atoms. The molecule has 1 unspecified atom stereocenters. The van der Waals surface area contributed by atoms with Crippen LogP contribution in [0, 0.1) is 17.8 Å². The van der Waals surface area contributed by atoms with Crippen molar-refractivity contribution in [2.75, 3.05) is 13.1 Å². The topological polar surface area (TPSA) is 14.1 Å². The van der Waals surface area contributed by atoms with Crippen molar-refractivity contribution in [3.05, 3.63) is 0 Å². The lowest BCUT2D eigenvalue weighted by Crippen LogP contribution is -2.24. The molecule has 1 atom stereocenters. The molecule has 1 saturated carbocycles. The second kappa shape index (κ2) is 7.27. The minimum absolute atomic E-state index is 0.840. The van der Waals surface area contributed by atoms with E-state index >= 15 is 0 Å². The molecule has 1 radical (unpaired) electrons. The molecule has 0 amide bonds. The van der Waals surface area contributed by atoms with Crippen molar-refractivity contribution in [2.45, 2.75) is 59.3 Å². The van der Waals surface area contributed by atoms with E-state index in [1.807, 2.05) is 0 Å². The Morgan fingerprint density at radius 3 is 2.40 bits per heavy atom. The summed E-state index contributed by atoms with van der Waals surface area (Å²) in [6.45, 7) is 9.12. The van der Waals surface area contributed by atoms with E-state index in [2.05, 4.69) is 26.1 Å². The van der Waals surface area contributed by atoms with Gasteiger partial charge in [-0.1, -0.05) is 46.5 Å². The summed E-state index contributed by atoms with van der Waals surface area (Å²) in [4.78, 5) is 0. The van der Waals surface area contributed by atoms with Gasteiger partial charge in [0.25, 0.3) is 0 Å². The fourth-order valence-corrected chi connectivity index (χ4v) is 2.87. The molecule has 0 heterocycles. The first-order valence-corrected chi connectivity index (χ1v) is 6.87. The summed E-state index contributed by atoms with van der Waals surface area (Å²) >= 11 is 0. The normalized spacial score (nSPS) is 20.0. The second-order valence-corrected chi connectivity index (χ2v) is 5.56. The summed E-state index contributed by atoms with van der Waals surface area (Å²) in [5.41, 5.74) is 0. The summed E-state index contributed by atoms with van der Waals surface area (Å²) in [6.07, 6.45) is 8.47. The molecular weight excluding hydrogens is 182 g/mol. The summed E-state index contributed by atoms with van der Waals surface area (Å²) in [5.74, 6) is 2.72. The number of hydrogen-bond donors (Lipinski definition) is 0. The van der Waals surface area contributed by atoms with Crippen LogP contribution in [-0.4, -0.2) is 13.1 Å². The maximum atomic E-state index is 4.69. The van der Waals surface area contributed by atoms with Crippen molar-refractivity contribution >= 4 is 0 Å². The summed E-state index contributed by atoms with van der Waals surface area (Å²) < 4.78 is 0. The molecular formula is C14H28N. The first-order chi connectivity index (χ1) is 7.24. The van der Waals surface area contributed by atoms with Crippen LogP contribution in [0.15, 0.2) is 0 Å². The lowest BCUT2D eigenvalue weighted by atomic mass is 9.84. The molecule has 1 nitrogen and oxygen atoms in total. The van der Waals surface area contributed by atoms with Crippen LogP contribution in [0.1, 0.15) is 59.3 Å². The molecule has 1 fully saturated rings. The standard InChI is InChI=1S/C14H28N/c1-4-9-15-11-14(10-12(2)3)13-7-5-6-8-13/h12-14H,4-11H2,1-3H3. The van der Waals surface area contributed by atoms with Gasteiger partial charge in [-0.25, -0.2) is 5.32 Å². The molecule has 1 rings (SSSR count). The maximum Gasteiger partial charge on any atom is 0.0164 e. The highest BCUT2D eigenvalue weighted by Crippen LogP contribution is 2.34. The van der Waals surface area contributed by atoms with Gasteiger partial charge < -0.3 is 0 Å². The van der Waals surface area contributed by atoms with Gasteiger partial charge in [-0.15, -0.1) is 0 Å². The predicted octanol–water partition coefficient (Wildman–Crippen LogP) is 3.85. The lowest BCUT2D eigenvalue weighted by molar-refractivity contribution is 0.273. The summed E-state index contributed by atoms with van der Waals surface area (Å²) in [7, 11) is 0. The highest BCUT2D eigenvalue weighted by molar-refractivity contribution is 4.77. The van der Waals surface area contributed by atoms with Gasteiger partial charge in [0.2, 0.25) is 0 Å². The van der Waals surface area contributed by atoms with E-state index in [0.717, 1.165) is 30.8 Å². The third-order valence-electron chi connectivity index (χ3n) is 3.59. The fourth-order valence-electron chi connectivity index (χ4n) is 2.87. The van der Waals surface area contributed by atoms with Gasteiger partial charge in [0.15, 0.2) is 0 Å². The number of hydrogen-bond acceptors (Lipinski definition) is 0. The summed E-state index contributed by atoms with van der Waals surface area (Å²) in [6, 6.07) is 0. The van der Waals surface area contributed by atoms with Crippen LogP contribution in [0.5, 0.6) is 0 Å². The Kier molecular flexibility index (Phi) is 6.31. The van der Waals surface area contributed by atoms with Crippen molar-refractivity contribution in [1.29, 1.82) is 0 Å². The van der Waals surface area contributed by atoms with Crippen molar-refractivity contribution in [3.8, 4) is 0 Å². The van der Waals surface area contributed by atoms with Crippen LogP contribution >= 0.6 is 0 Å². The molecule has 89 valence electrons. The molecule has 0 spiro atoms. The van der Waals surface area contributed by atoms with E-state index in [1.165, 1.54) is 38.5 Å². The van der Waals surface area contributed by atoms with Crippen LogP contribution < -0.4 is 5.32 Å². The molecule has 1 heteroatoms. The van der Waals surface area contributed by atoms with Crippen LogP contribution in [0.2, 0.25) is 0 Å². The van der Waals surface area contributed by atoms with Gasteiger partial charge in [0.1, 0.15) is 0 Å². The Morgan fingerprint density at radius 2 is 1.87 bits per heavy atom. The van der Waals surface area contributed by atoms with Crippen molar-refractivity contribution in [2.24, 2.45) is 17.8 Å². The molecule has 0 saturated heterocycles. The SMILES string of the molecule is CCC[N]CC(CC(C)C)C1CCCC1.